The van der Waals surface area contributed by atoms with Gasteiger partial charge in [-0.25, -0.2) is 0 Å². The number of imide groups is 1. The number of nitrogens with one attached hydrogen (secondary N) is 1. The monoisotopic (exact) mass is 370 g/mol. The number of nitrogens with zero attached hydrogens (tertiary/aromatic N) is 1. The van der Waals surface area contributed by atoms with Crippen LogP contribution >= 0.6 is 0 Å². The van der Waals surface area contributed by atoms with Crippen LogP contribution in [0.4, 0.5) is 0 Å². The Hall–Kier alpha value is -2.37. The van der Waals surface area contributed by atoms with Crippen LogP contribution in [0.3, 0.4) is 0 Å². The summed E-state index contributed by atoms with van der Waals surface area (Å²) in [5.41, 5.74) is 1.52. The van der Waals surface area contributed by atoms with Gasteiger partial charge in [-0.15, -0.1) is 0 Å². The predicted molar refractivity (Wildman–Crippen MR) is 99.2 cm³/mol. The summed E-state index contributed by atoms with van der Waals surface area (Å²) in [6.07, 6.45) is 6.86. The normalized spacial score (nSPS) is 28.6. The van der Waals surface area contributed by atoms with Gasteiger partial charge in [-0.1, -0.05) is 19.8 Å². The average molecular weight is 370 g/mol. The van der Waals surface area contributed by atoms with Gasteiger partial charge in [-0.3, -0.25) is 19.7 Å². The SMILES string of the molecule is C[C@H]1CCCCC[C@H]1Oc1ccc2c(c1)CN(C1CCC(=O)NC1=O)C2=O. The van der Waals surface area contributed by atoms with Crippen LogP contribution in [0, 0.1) is 5.92 Å². The van der Waals surface area contributed by atoms with E-state index in [2.05, 4.69) is 12.2 Å². The Balaban J connectivity index is 1.49. The van der Waals surface area contributed by atoms with Crippen LogP contribution in [-0.2, 0) is 16.1 Å². The molecule has 1 saturated carbocycles. The van der Waals surface area contributed by atoms with Gasteiger partial charge < -0.3 is 9.64 Å². The van der Waals surface area contributed by atoms with Crippen LogP contribution in [-0.4, -0.2) is 34.8 Å². The van der Waals surface area contributed by atoms with Gasteiger partial charge in [-0.2, -0.15) is 0 Å². The highest BCUT2D eigenvalue weighted by Crippen LogP contribution is 2.32. The third kappa shape index (κ3) is 3.57. The smallest absolute Gasteiger partial charge is 0.255 e. The highest BCUT2D eigenvalue weighted by Gasteiger charge is 2.39. The van der Waals surface area contributed by atoms with Gasteiger partial charge in [0, 0.05) is 18.5 Å². The van der Waals surface area contributed by atoms with Crippen molar-refractivity contribution in [2.45, 2.75) is 70.6 Å². The number of amides is 3. The molecule has 4 rings (SSSR count). The maximum absolute atomic E-state index is 12.7. The predicted octanol–water partition coefficient (Wildman–Crippen LogP) is 2.80. The first-order valence-corrected chi connectivity index (χ1v) is 9.97. The average Bonchev–Trinajstić information content (AvgIpc) is 2.81. The highest BCUT2D eigenvalue weighted by atomic mass is 16.5. The van der Waals surface area contributed by atoms with E-state index in [0.29, 0.717) is 24.4 Å². The Labute approximate surface area is 159 Å². The molecule has 144 valence electrons. The van der Waals surface area contributed by atoms with E-state index in [4.69, 9.17) is 4.74 Å². The van der Waals surface area contributed by atoms with E-state index in [1.807, 2.05) is 12.1 Å². The molecule has 27 heavy (non-hydrogen) atoms. The van der Waals surface area contributed by atoms with Gasteiger partial charge in [-0.05, 0) is 55.4 Å². The van der Waals surface area contributed by atoms with Crippen LogP contribution in [0.5, 0.6) is 5.75 Å². The first-order valence-electron chi connectivity index (χ1n) is 9.97. The van der Waals surface area contributed by atoms with Crippen molar-refractivity contribution in [2.75, 3.05) is 0 Å². The van der Waals surface area contributed by atoms with Crippen LogP contribution < -0.4 is 10.1 Å². The fraction of sp³-hybridized carbons (Fsp3) is 0.571. The summed E-state index contributed by atoms with van der Waals surface area (Å²) in [5, 5.41) is 2.33. The van der Waals surface area contributed by atoms with Crippen molar-refractivity contribution in [1.82, 2.24) is 10.2 Å². The number of ether oxygens (including phenoxy) is 1. The van der Waals surface area contributed by atoms with Crippen molar-refractivity contribution in [3.05, 3.63) is 29.3 Å². The Morgan fingerprint density at radius 3 is 2.70 bits per heavy atom. The fourth-order valence-corrected chi connectivity index (χ4v) is 4.43. The zero-order chi connectivity index (χ0) is 19.0. The van der Waals surface area contributed by atoms with Crippen molar-refractivity contribution in [3.63, 3.8) is 0 Å². The fourth-order valence-electron chi connectivity index (χ4n) is 4.43. The van der Waals surface area contributed by atoms with E-state index in [1.165, 1.54) is 25.7 Å². The second-order valence-electron chi connectivity index (χ2n) is 7.99. The minimum absolute atomic E-state index is 0.145. The van der Waals surface area contributed by atoms with Gasteiger partial charge in [0.25, 0.3) is 5.91 Å². The molecule has 6 nitrogen and oxygen atoms in total. The molecule has 6 heteroatoms. The molecule has 3 atom stereocenters. The number of benzene rings is 1. The number of hydrogen-bond donors (Lipinski definition) is 1. The van der Waals surface area contributed by atoms with Crippen LogP contribution in [0.1, 0.15) is 67.8 Å². The van der Waals surface area contributed by atoms with E-state index in [0.717, 1.165) is 17.7 Å². The van der Waals surface area contributed by atoms with Crippen molar-refractivity contribution in [3.8, 4) is 5.75 Å². The second-order valence-corrected chi connectivity index (χ2v) is 7.99. The summed E-state index contributed by atoms with van der Waals surface area (Å²) >= 11 is 0. The molecule has 1 N–H and O–H groups in total. The van der Waals surface area contributed by atoms with E-state index < -0.39 is 6.04 Å². The summed E-state index contributed by atoms with van der Waals surface area (Å²) < 4.78 is 6.27. The Morgan fingerprint density at radius 2 is 1.89 bits per heavy atom. The molecule has 2 fully saturated rings. The molecule has 1 unspecified atom stereocenters. The molecule has 2 aliphatic heterocycles. The Morgan fingerprint density at radius 1 is 1.07 bits per heavy atom. The molecule has 0 radical (unpaired) electrons. The first-order chi connectivity index (χ1) is 13.0. The molecule has 2 heterocycles. The summed E-state index contributed by atoms with van der Waals surface area (Å²) in [5.74, 6) is 0.534. The molecule has 1 aliphatic carbocycles. The van der Waals surface area contributed by atoms with E-state index >= 15 is 0 Å². The standard InChI is InChI=1S/C21H26N2O4/c1-13-5-3-2-4-6-18(13)27-15-7-8-16-14(11-15)12-23(21(16)26)17-9-10-19(24)22-20(17)25/h7-8,11,13,17-18H,2-6,9-10,12H2,1H3,(H,22,24,25)/t13-,17?,18+/m0/s1. The van der Waals surface area contributed by atoms with Crippen molar-refractivity contribution in [1.29, 1.82) is 0 Å². The molecule has 0 aromatic heterocycles. The maximum Gasteiger partial charge on any atom is 0.255 e. The lowest BCUT2D eigenvalue weighted by atomic mass is 9.99. The minimum Gasteiger partial charge on any atom is -0.490 e. The van der Waals surface area contributed by atoms with Crippen LogP contribution in [0.15, 0.2) is 18.2 Å². The van der Waals surface area contributed by atoms with E-state index in [9.17, 15) is 14.4 Å². The topological polar surface area (TPSA) is 75.7 Å². The number of piperidine rings is 1. The van der Waals surface area contributed by atoms with Gasteiger partial charge in [0.1, 0.15) is 17.9 Å². The molecule has 0 spiro atoms. The molecule has 1 aromatic rings. The first kappa shape index (κ1) is 18.0. The van der Waals surface area contributed by atoms with Crippen LogP contribution in [0.25, 0.3) is 0 Å². The van der Waals surface area contributed by atoms with Crippen LogP contribution in [0.2, 0.25) is 0 Å². The number of rotatable bonds is 3. The molecule has 3 aliphatic rings. The number of hydrogen-bond acceptors (Lipinski definition) is 4. The quantitative estimate of drug-likeness (QED) is 0.656. The summed E-state index contributed by atoms with van der Waals surface area (Å²) in [4.78, 5) is 37.8. The van der Waals surface area contributed by atoms with Crippen molar-refractivity contribution >= 4 is 17.7 Å². The Bertz CT molecular complexity index is 775. The number of carbonyl (C=O) groups is 3. The third-order valence-corrected chi connectivity index (χ3v) is 6.07. The van der Waals surface area contributed by atoms with Gasteiger partial charge in [0.05, 0.1) is 0 Å². The van der Waals surface area contributed by atoms with Gasteiger partial charge >= 0.3 is 0 Å². The minimum atomic E-state index is -0.575. The zero-order valence-electron chi connectivity index (χ0n) is 15.7. The van der Waals surface area contributed by atoms with E-state index in [-0.39, 0.29) is 30.2 Å². The molecule has 0 bridgehead atoms. The molecular weight excluding hydrogens is 344 g/mol. The summed E-state index contributed by atoms with van der Waals surface area (Å²) in [6.45, 7) is 2.63. The van der Waals surface area contributed by atoms with Crippen molar-refractivity contribution < 1.29 is 19.1 Å². The van der Waals surface area contributed by atoms with E-state index in [1.54, 1.807) is 11.0 Å². The summed E-state index contributed by atoms with van der Waals surface area (Å²) in [7, 11) is 0. The third-order valence-electron chi connectivity index (χ3n) is 6.07. The Kier molecular flexibility index (Phi) is 4.89. The largest absolute Gasteiger partial charge is 0.490 e. The zero-order valence-corrected chi connectivity index (χ0v) is 15.7. The summed E-state index contributed by atoms with van der Waals surface area (Å²) in [6, 6.07) is 5.04. The second kappa shape index (κ2) is 7.33. The lowest BCUT2D eigenvalue weighted by Gasteiger charge is -2.29. The molecule has 1 saturated heterocycles. The number of fused-ring (bicyclic) bond motifs is 1. The number of carbonyl (C=O) groups excluding carboxylic acids is 3. The van der Waals surface area contributed by atoms with Gasteiger partial charge in [0.2, 0.25) is 11.8 Å². The molecule has 3 amide bonds. The molecule has 1 aromatic carbocycles. The van der Waals surface area contributed by atoms with Gasteiger partial charge in [0.15, 0.2) is 0 Å². The lowest BCUT2D eigenvalue weighted by molar-refractivity contribution is -0.136. The lowest BCUT2D eigenvalue weighted by Crippen LogP contribution is -2.52. The highest BCUT2D eigenvalue weighted by molar-refractivity contribution is 6.05. The van der Waals surface area contributed by atoms with Crippen molar-refractivity contribution in [2.24, 2.45) is 5.92 Å². The maximum atomic E-state index is 12.7. The molecular formula is C21H26N2O4.